The van der Waals surface area contributed by atoms with Crippen molar-refractivity contribution in [2.45, 2.75) is 13.5 Å². The molecule has 0 unspecified atom stereocenters. The van der Waals surface area contributed by atoms with Gasteiger partial charge in [0, 0.05) is 12.7 Å². The fourth-order valence-electron chi connectivity index (χ4n) is 1.22. The van der Waals surface area contributed by atoms with Gasteiger partial charge in [-0.3, -0.25) is 9.67 Å². The molecule has 3 nitrogen and oxygen atoms in total. The molecule has 0 aliphatic rings. The Balaban J connectivity index is 2.83. The summed E-state index contributed by atoms with van der Waals surface area (Å²) in [5.74, 6) is 0. The van der Waals surface area contributed by atoms with Crippen molar-refractivity contribution < 1.29 is 0 Å². The fraction of sp³-hybridized carbons (Fsp3) is 0.250. The Hall–Kier alpha value is -1.09. The molecule has 0 bridgehead atoms. The van der Waals surface area contributed by atoms with Crippen molar-refractivity contribution in [1.29, 1.82) is 0 Å². The van der Waals surface area contributed by atoms with E-state index in [9.17, 15) is 0 Å². The largest absolute Gasteiger partial charge is 0.262 e. The van der Waals surface area contributed by atoms with Gasteiger partial charge in [0.1, 0.15) is 11.0 Å². The average molecular weight is 182 g/mol. The van der Waals surface area contributed by atoms with Gasteiger partial charge in [0.2, 0.25) is 0 Å². The van der Waals surface area contributed by atoms with Crippen molar-refractivity contribution >= 4 is 22.6 Å². The van der Waals surface area contributed by atoms with E-state index >= 15 is 0 Å². The smallest absolute Gasteiger partial charge is 0.110 e. The predicted octanol–water partition coefficient (Wildman–Crippen LogP) is 2.10. The second-order valence-corrected chi connectivity index (χ2v) is 2.89. The Labute approximate surface area is 75.0 Å². The first-order chi connectivity index (χ1) is 5.83. The molecule has 0 spiro atoms. The van der Waals surface area contributed by atoms with Crippen molar-refractivity contribution in [3.63, 3.8) is 0 Å². The SMILES string of the molecule is CCn1ncc2nccc(Cl)c21. The minimum Gasteiger partial charge on any atom is -0.262 e. The standard InChI is InChI=1S/C8H8ClN3/c1-2-12-8-6(9)3-4-10-7(8)5-11-12/h3-5H,2H2,1H3. The van der Waals surface area contributed by atoms with Crippen LogP contribution in [0.4, 0.5) is 0 Å². The molecule has 62 valence electrons. The second kappa shape index (κ2) is 2.75. The van der Waals surface area contributed by atoms with E-state index in [1.807, 2.05) is 11.6 Å². The molecule has 0 saturated heterocycles. The molecule has 0 N–H and O–H groups in total. The highest BCUT2D eigenvalue weighted by Gasteiger charge is 2.04. The van der Waals surface area contributed by atoms with Crippen LogP contribution in [0.15, 0.2) is 18.5 Å². The number of rotatable bonds is 1. The van der Waals surface area contributed by atoms with Crippen LogP contribution in [0, 0.1) is 0 Å². The van der Waals surface area contributed by atoms with Crippen LogP contribution in [-0.4, -0.2) is 14.8 Å². The Kier molecular flexibility index (Phi) is 1.73. The van der Waals surface area contributed by atoms with Crippen molar-refractivity contribution in [3.05, 3.63) is 23.5 Å². The highest BCUT2D eigenvalue weighted by atomic mass is 35.5. The summed E-state index contributed by atoms with van der Waals surface area (Å²) in [6.45, 7) is 2.84. The van der Waals surface area contributed by atoms with E-state index in [2.05, 4.69) is 10.1 Å². The van der Waals surface area contributed by atoms with Crippen LogP contribution in [0.25, 0.3) is 11.0 Å². The quantitative estimate of drug-likeness (QED) is 0.675. The van der Waals surface area contributed by atoms with Crippen LogP contribution in [-0.2, 0) is 6.54 Å². The van der Waals surface area contributed by atoms with Gasteiger partial charge >= 0.3 is 0 Å². The van der Waals surface area contributed by atoms with Gasteiger partial charge in [0.15, 0.2) is 0 Å². The van der Waals surface area contributed by atoms with Crippen LogP contribution in [0.3, 0.4) is 0 Å². The molecule has 0 atom stereocenters. The minimum atomic E-state index is 0.708. The maximum Gasteiger partial charge on any atom is 0.110 e. The number of pyridine rings is 1. The van der Waals surface area contributed by atoms with Crippen molar-refractivity contribution in [2.24, 2.45) is 0 Å². The monoisotopic (exact) mass is 181 g/mol. The zero-order valence-electron chi connectivity index (χ0n) is 6.66. The van der Waals surface area contributed by atoms with E-state index in [1.165, 1.54) is 0 Å². The Morgan fingerprint density at radius 3 is 3.17 bits per heavy atom. The summed E-state index contributed by atoms with van der Waals surface area (Å²) in [6, 6.07) is 1.78. The number of aromatic nitrogens is 3. The first-order valence-corrected chi connectivity index (χ1v) is 4.16. The van der Waals surface area contributed by atoms with Crippen molar-refractivity contribution in [2.75, 3.05) is 0 Å². The summed E-state index contributed by atoms with van der Waals surface area (Å²) in [4.78, 5) is 4.14. The number of hydrogen-bond donors (Lipinski definition) is 0. The van der Waals surface area contributed by atoms with Gasteiger partial charge in [0.25, 0.3) is 0 Å². The van der Waals surface area contributed by atoms with E-state index in [-0.39, 0.29) is 0 Å². The summed E-state index contributed by atoms with van der Waals surface area (Å²) in [5.41, 5.74) is 1.77. The highest BCUT2D eigenvalue weighted by molar-refractivity contribution is 6.34. The number of hydrogen-bond acceptors (Lipinski definition) is 2. The van der Waals surface area contributed by atoms with Crippen LogP contribution >= 0.6 is 11.6 Å². The third-order valence-electron chi connectivity index (χ3n) is 1.78. The van der Waals surface area contributed by atoms with E-state index in [4.69, 9.17) is 11.6 Å². The molecule has 2 aromatic rings. The molecule has 2 rings (SSSR count). The van der Waals surface area contributed by atoms with Gasteiger partial charge in [0.05, 0.1) is 11.2 Å². The summed E-state index contributed by atoms with van der Waals surface area (Å²) < 4.78 is 1.84. The van der Waals surface area contributed by atoms with Gasteiger partial charge in [-0.2, -0.15) is 5.10 Å². The second-order valence-electron chi connectivity index (χ2n) is 2.49. The number of aryl methyl sites for hydroxylation is 1. The Morgan fingerprint density at radius 1 is 1.58 bits per heavy atom. The zero-order valence-corrected chi connectivity index (χ0v) is 7.41. The fourth-order valence-corrected chi connectivity index (χ4v) is 1.47. The number of halogens is 1. The van der Waals surface area contributed by atoms with E-state index in [1.54, 1.807) is 18.5 Å². The van der Waals surface area contributed by atoms with Gasteiger partial charge in [-0.25, -0.2) is 0 Å². The maximum absolute atomic E-state index is 5.98. The number of nitrogens with zero attached hydrogens (tertiary/aromatic N) is 3. The maximum atomic E-state index is 5.98. The van der Waals surface area contributed by atoms with E-state index in [0.29, 0.717) is 5.02 Å². The van der Waals surface area contributed by atoms with Gasteiger partial charge in [-0.15, -0.1) is 0 Å². The number of fused-ring (bicyclic) bond motifs is 1. The lowest BCUT2D eigenvalue weighted by Crippen LogP contribution is -1.95. The molecule has 12 heavy (non-hydrogen) atoms. The molecular weight excluding hydrogens is 174 g/mol. The third-order valence-corrected chi connectivity index (χ3v) is 2.09. The first-order valence-electron chi connectivity index (χ1n) is 3.79. The van der Waals surface area contributed by atoms with Crippen molar-refractivity contribution in [1.82, 2.24) is 14.8 Å². The van der Waals surface area contributed by atoms with Crippen LogP contribution < -0.4 is 0 Å². The molecule has 4 heteroatoms. The lowest BCUT2D eigenvalue weighted by molar-refractivity contribution is 0.684. The summed E-state index contributed by atoms with van der Waals surface area (Å²) in [6.07, 6.45) is 3.41. The zero-order chi connectivity index (χ0) is 8.55. The topological polar surface area (TPSA) is 30.7 Å². The summed E-state index contributed by atoms with van der Waals surface area (Å²) in [7, 11) is 0. The Bertz CT molecular complexity index is 408. The van der Waals surface area contributed by atoms with Crippen LogP contribution in [0.5, 0.6) is 0 Å². The lowest BCUT2D eigenvalue weighted by atomic mass is 10.4. The molecule has 0 aliphatic heterocycles. The average Bonchev–Trinajstić information content (AvgIpc) is 2.49. The van der Waals surface area contributed by atoms with Crippen LogP contribution in [0.1, 0.15) is 6.92 Å². The van der Waals surface area contributed by atoms with Crippen molar-refractivity contribution in [3.8, 4) is 0 Å². The minimum absolute atomic E-state index is 0.708. The molecule has 0 fully saturated rings. The Morgan fingerprint density at radius 2 is 2.42 bits per heavy atom. The molecular formula is C8H8ClN3. The summed E-state index contributed by atoms with van der Waals surface area (Å²) >= 11 is 5.98. The van der Waals surface area contributed by atoms with Crippen LogP contribution in [0.2, 0.25) is 5.02 Å². The molecule has 0 aliphatic carbocycles. The molecule has 2 heterocycles. The first kappa shape index (κ1) is 7.55. The normalized spacial score (nSPS) is 10.8. The van der Waals surface area contributed by atoms with E-state index in [0.717, 1.165) is 17.6 Å². The van der Waals surface area contributed by atoms with E-state index < -0.39 is 0 Å². The lowest BCUT2D eigenvalue weighted by Gasteiger charge is -1.98. The van der Waals surface area contributed by atoms with Gasteiger partial charge in [-0.05, 0) is 13.0 Å². The molecule has 0 amide bonds. The predicted molar refractivity (Wildman–Crippen MR) is 48.2 cm³/mol. The highest BCUT2D eigenvalue weighted by Crippen LogP contribution is 2.20. The molecule has 0 aromatic carbocycles. The third kappa shape index (κ3) is 0.975. The van der Waals surface area contributed by atoms with Gasteiger partial charge in [-0.1, -0.05) is 11.6 Å². The van der Waals surface area contributed by atoms with Gasteiger partial charge < -0.3 is 0 Å². The summed E-state index contributed by atoms with van der Waals surface area (Å²) in [5, 5.41) is 4.85. The molecule has 0 radical (unpaired) electrons. The molecule has 2 aromatic heterocycles. The molecule has 0 saturated carbocycles.